The summed E-state index contributed by atoms with van der Waals surface area (Å²) in [5.74, 6) is -1.02. The van der Waals surface area contributed by atoms with Crippen LogP contribution in [0.3, 0.4) is 0 Å². The number of hydrogen-bond donors (Lipinski definition) is 0. The molecule has 0 N–H and O–H groups in total. The van der Waals surface area contributed by atoms with E-state index in [1.165, 1.54) is 6.92 Å². The molecule has 74 valence electrons. The zero-order chi connectivity index (χ0) is 10.7. The monoisotopic (exact) mass is 200 g/mol. The van der Waals surface area contributed by atoms with Crippen LogP contribution in [0.5, 0.6) is 0 Å². The van der Waals surface area contributed by atoms with Crippen molar-refractivity contribution in [2.45, 2.75) is 19.8 Å². The zero-order valence-electron chi connectivity index (χ0n) is 7.39. The number of pyridine rings is 1. The van der Waals surface area contributed by atoms with Crippen molar-refractivity contribution in [2.24, 2.45) is 0 Å². The molecule has 0 atom stereocenters. The van der Waals surface area contributed by atoms with E-state index in [4.69, 9.17) is 5.26 Å². The van der Waals surface area contributed by atoms with Gasteiger partial charge in [0.25, 0.3) is 6.43 Å². The third-order valence-corrected chi connectivity index (χ3v) is 1.81. The van der Waals surface area contributed by atoms with Gasteiger partial charge >= 0.3 is 0 Å². The van der Waals surface area contributed by atoms with Gasteiger partial charge < -0.3 is 0 Å². The predicted octanol–water partition coefficient (Wildman–Crippen LogP) is 2.53. The minimum Gasteiger partial charge on any atom is -0.261 e. The van der Waals surface area contributed by atoms with Crippen molar-refractivity contribution in [3.8, 4) is 6.07 Å². The first-order valence-electron chi connectivity index (χ1n) is 3.87. The van der Waals surface area contributed by atoms with Crippen LogP contribution >= 0.6 is 0 Å². The van der Waals surface area contributed by atoms with Crippen molar-refractivity contribution < 1.29 is 13.2 Å². The first-order chi connectivity index (χ1) is 6.57. The van der Waals surface area contributed by atoms with Crippen molar-refractivity contribution in [2.75, 3.05) is 0 Å². The topological polar surface area (TPSA) is 36.7 Å². The predicted molar refractivity (Wildman–Crippen MR) is 43.2 cm³/mol. The van der Waals surface area contributed by atoms with Crippen molar-refractivity contribution >= 4 is 0 Å². The highest BCUT2D eigenvalue weighted by atomic mass is 19.3. The van der Waals surface area contributed by atoms with E-state index in [9.17, 15) is 13.2 Å². The number of rotatable bonds is 2. The van der Waals surface area contributed by atoms with Gasteiger partial charge in [0.15, 0.2) is 0 Å². The van der Waals surface area contributed by atoms with Crippen LogP contribution in [-0.4, -0.2) is 4.98 Å². The van der Waals surface area contributed by atoms with E-state index in [1.54, 1.807) is 6.07 Å². The van der Waals surface area contributed by atoms with Crippen molar-refractivity contribution in [3.63, 3.8) is 0 Å². The summed E-state index contributed by atoms with van der Waals surface area (Å²) in [5, 5.41) is 8.31. The summed E-state index contributed by atoms with van der Waals surface area (Å²) in [4.78, 5) is 3.61. The minimum atomic E-state index is -2.90. The highest BCUT2D eigenvalue weighted by molar-refractivity contribution is 5.29. The molecule has 0 radical (unpaired) electrons. The molecular weight excluding hydrogens is 193 g/mol. The average molecular weight is 200 g/mol. The Kier molecular flexibility index (Phi) is 3.07. The molecule has 0 aromatic carbocycles. The van der Waals surface area contributed by atoms with Crippen LogP contribution in [0, 0.1) is 24.1 Å². The standard InChI is InChI=1S/C9H7F3N2/c1-5-7(9(11)12)8(10)6(2-3-13)4-14-5/h4,9H,2H2,1H3. The third kappa shape index (κ3) is 1.84. The smallest absolute Gasteiger partial charge is 0.261 e. The number of alkyl halides is 2. The lowest BCUT2D eigenvalue weighted by molar-refractivity contribution is 0.144. The number of halogens is 3. The molecule has 14 heavy (non-hydrogen) atoms. The second-order valence-corrected chi connectivity index (χ2v) is 2.73. The summed E-state index contributed by atoms with van der Waals surface area (Å²) in [6.45, 7) is 1.31. The fourth-order valence-corrected chi connectivity index (χ4v) is 1.09. The van der Waals surface area contributed by atoms with Crippen molar-refractivity contribution in [3.05, 3.63) is 28.8 Å². The number of nitriles is 1. The molecule has 2 nitrogen and oxygen atoms in total. The quantitative estimate of drug-likeness (QED) is 0.735. The zero-order valence-corrected chi connectivity index (χ0v) is 7.39. The molecule has 0 fully saturated rings. The molecule has 1 aromatic rings. The molecule has 0 aliphatic carbocycles. The summed E-state index contributed by atoms with van der Waals surface area (Å²) < 4.78 is 38.0. The summed E-state index contributed by atoms with van der Waals surface area (Å²) in [6.07, 6.45) is -2.04. The Bertz CT molecular complexity index is 382. The highest BCUT2D eigenvalue weighted by Crippen LogP contribution is 2.26. The van der Waals surface area contributed by atoms with E-state index < -0.39 is 17.8 Å². The van der Waals surface area contributed by atoms with E-state index in [0.29, 0.717) is 0 Å². The van der Waals surface area contributed by atoms with Crippen LogP contribution in [0.25, 0.3) is 0 Å². The van der Waals surface area contributed by atoms with E-state index in [2.05, 4.69) is 4.98 Å². The molecule has 0 saturated heterocycles. The number of aryl methyl sites for hydroxylation is 1. The molecule has 0 amide bonds. The van der Waals surface area contributed by atoms with Gasteiger partial charge in [0.2, 0.25) is 0 Å². The molecule has 0 aliphatic rings. The molecular formula is C9H7F3N2. The molecule has 0 aliphatic heterocycles. The van der Waals surface area contributed by atoms with Crippen LogP contribution in [-0.2, 0) is 6.42 Å². The Morgan fingerprint density at radius 2 is 2.21 bits per heavy atom. The summed E-state index contributed by atoms with van der Waals surface area (Å²) in [5.41, 5.74) is -0.842. The lowest BCUT2D eigenvalue weighted by Gasteiger charge is -2.07. The van der Waals surface area contributed by atoms with E-state index in [0.717, 1.165) is 6.20 Å². The fraction of sp³-hybridized carbons (Fsp3) is 0.333. The SMILES string of the molecule is Cc1ncc(CC#N)c(F)c1C(F)F. The Morgan fingerprint density at radius 3 is 2.71 bits per heavy atom. The molecule has 0 unspecified atom stereocenters. The molecule has 0 bridgehead atoms. The van der Waals surface area contributed by atoms with Gasteiger partial charge in [-0.25, -0.2) is 13.2 Å². The van der Waals surface area contributed by atoms with Gasteiger partial charge in [0.1, 0.15) is 5.82 Å². The lowest BCUT2D eigenvalue weighted by Crippen LogP contribution is -2.02. The van der Waals surface area contributed by atoms with E-state index >= 15 is 0 Å². The van der Waals surface area contributed by atoms with Crippen LogP contribution < -0.4 is 0 Å². The fourth-order valence-electron chi connectivity index (χ4n) is 1.09. The van der Waals surface area contributed by atoms with Crippen LogP contribution in [0.1, 0.15) is 23.2 Å². The molecule has 1 rings (SSSR count). The van der Waals surface area contributed by atoms with Gasteiger partial charge in [0.05, 0.1) is 18.1 Å². The van der Waals surface area contributed by atoms with E-state index in [1.807, 2.05) is 0 Å². The van der Waals surface area contributed by atoms with Gasteiger partial charge in [-0.1, -0.05) is 0 Å². The van der Waals surface area contributed by atoms with Crippen molar-refractivity contribution in [1.29, 1.82) is 5.26 Å². The van der Waals surface area contributed by atoms with Crippen molar-refractivity contribution in [1.82, 2.24) is 4.98 Å². The number of hydrogen-bond acceptors (Lipinski definition) is 2. The molecule has 0 saturated carbocycles. The van der Waals surface area contributed by atoms with Gasteiger partial charge in [-0.3, -0.25) is 4.98 Å². The number of nitrogens with zero attached hydrogens (tertiary/aromatic N) is 2. The molecule has 0 spiro atoms. The first kappa shape index (κ1) is 10.5. The first-order valence-corrected chi connectivity index (χ1v) is 3.87. The average Bonchev–Trinajstić information content (AvgIpc) is 2.10. The Hall–Kier alpha value is -1.57. The summed E-state index contributed by atoms with van der Waals surface area (Å²) >= 11 is 0. The molecule has 1 heterocycles. The van der Waals surface area contributed by atoms with Gasteiger partial charge in [-0.2, -0.15) is 5.26 Å². The Balaban J connectivity index is 3.28. The Labute approximate surface area is 79.0 Å². The maximum Gasteiger partial charge on any atom is 0.268 e. The van der Waals surface area contributed by atoms with Crippen LogP contribution in [0.15, 0.2) is 6.20 Å². The van der Waals surface area contributed by atoms with Crippen LogP contribution in [0.2, 0.25) is 0 Å². The number of aromatic nitrogens is 1. The highest BCUT2D eigenvalue weighted by Gasteiger charge is 2.19. The maximum atomic E-state index is 13.3. The molecule has 5 heteroatoms. The van der Waals surface area contributed by atoms with Gasteiger partial charge in [-0.15, -0.1) is 0 Å². The van der Waals surface area contributed by atoms with Crippen LogP contribution in [0.4, 0.5) is 13.2 Å². The lowest BCUT2D eigenvalue weighted by atomic mass is 10.1. The summed E-state index contributed by atoms with van der Waals surface area (Å²) in [6, 6.07) is 1.69. The second-order valence-electron chi connectivity index (χ2n) is 2.73. The molecule has 1 aromatic heterocycles. The third-order valence-electron chi connectivity index (χ3n) is 1.81. The summed E-state index contributed by atoms with van der Waals surface area (Å²) in [7, 11) is 0. The maximum absolute atomic E-state index is 13.3. The Morgan fingerprint density at radius 1 is 1.57 bits per heavy atom. The largest absolute Gasteiger partial charge is 0.268 e. The van der Waals surface area contributed by atoms with E-state index in [-0.39, 0.29) is 17.7 Å². The van der Waals surface area contributed by atoms with Gasteiger partial charge in [-0.05, 0) is 6.92 Å². The van der Waals surface area contributed by atoms with Gasteiger partial charge in [0, 0.05) is 17.5 Å². The second kappa shape index (κ2) is 4.09. The normalized spacial score (nSPS) is 10.3. The minimum absolute atomic E-state index is 0.0424.